The molecule has 5 heterocycles. The number of ether oxygens (including phenoxy) is 5. The van der Waals surface area contributed by atoms with Gasteiger partial charge in [0.25, 0.3) is 0 Å². The summed E-state index contributed by atoms with van der Waals surface area (Å²) in [6.07, 6.45) is 3.55. The number of rotatable bonds is 11. The van der Waals surface area contributed by atoms with Gasteiger partial charge in [0.05, 0.1) is 47.9 Å². The molecule has 3 fully saturated rings. The van der Waals surface area contributed by atoms with Gasteiger partial charge in [-0.2, -0.15) is 0 Å². The Morgan fingerprint density at radius 2 is 1.72 bits per heavy atom. The summed E-state index contributed by atoms with van der Waals surface area (Å²) in [7, 11) is 5.30. The number of amides is 1. The number of nitrogens with zero attached hydrogens (tertiary/aromatic N) is 5. The van der Waals surface area contributed by atoms with E-state index in [0.717, 1.165) is 17.7 Å². The number of carbonyl (C=O) groups excluding carboxylic acids is 3. The minimum atomic E-state index is -1.37. The Morgan fingerprint density at radius 1 is 1.02 bits per heavy atom. The number of aryl methyl sites for hydroxylation is 1. The average molecular weight is 814 g/mol. The number of esters is 1. The van der Waals surface area contributed by atoms with Crippen molar-refractivity contribution in [2.75, 3.05) is 27.7 Å². The molecule has 0 aromatic carbocycles. The summed E-state index contributed by atoms with van der Waals surface area (Å²) in [5.74, 6) is -3.93. The number of aliphatic hydroxyl groups is 2. The second kappa shape index (κ2) is 18.8. The van der Waals surface area contributed by atoms with Crippen molar-refractivity contribution in [3.63, 3.8) is 0 Å². The van der Waals surface area contributed by atoms with E-state index in [1.165, 1.54) is 7.11 Å². The highest BCUT2D eigenvalue weighted by molar-refractivity contribution is 5.85. The van der Waals surface area contributed by atoms with Crippen molar-refractivity contribution in [1.82, 2.24) is 24.3 Å². The highest BCUT2D eigenvalue weighted by Gasteiger charge is 2.60. The van der Waals surface area contributed by atoms with Crippen molar-refractivity contribution < 1.29 is 48.3 Å². The number of likely N-dealkylation sites (N-methyl/N-ethyl adjacent to an activating group) is 1. The maximum atomic E-state index is 14.7. The minimum Gasteiger partial charge on any atom is -0.458 e. The maximum Gasteiger partial charge on any atom is 0.410 e. The van der Waals surface area contributed by atoms with Gasteiger partial charge in [-0.05, 0) is 86.0 Å². The number of pyridine rings is 1. The Morgan fingerprint density at radius 3 is 2.36 bits per heavy atom. The standard InChI is InChI=1S/C43H67N5O10/c1-12-33-43(8)37(48(41(53)58-43)19-14-13-18-47-23-31(45-24-47)30-16-15-17-44-22-30)27(4)34(49)25(2)21-42(7,54-11)38(28(5)35(50)29(6)39(52)56-33)57-40-36(51)32(46(9)10)20-26(3)55-40/h15-17,22-29,32-33,35-38,40,50-51H,12-14,18-21H2,1-11H3/t25-,26?,27+,28+,29-,32?,33-,35+,36?,37-,38-,40?,42-,43-/m1/s1. The molecule has 0 saturated carbocycles. The third-order valence-corrected chi connectivity index (χ3v) is 13.0. The molecule has 3 saturated heterocycles. The largest absolute Gasteiger partial charge is 0.458 e. The van der Waals surface area contributed by atoms with Gasteiger partial charge in [0.1, 0.15) is 18.0 Å². The molecule has 3 aliphatic rings. The molecule has 15 nitrogen and oxygen atoms in total. The van der Waals surface area contributed by atoms with Crippen LogP contribution in [0.5, 0.6) is 0 Å². The van der Waals surface area contributed by atoms with Crippen LogP contribution in [0.4, 0.5) is 4.79 Å². The van der Waals surface area contributed by atoms with Gasteiger partial charge in [-0.15, -0.1) is 0 Å². The van der Waals surface area contributed by atoms with Crippen molar-refractivity contribution in [3.05, 3.63) is 37.1 Å². The number of ketones is 1. The number of aromatic nitrogens is 3. The van der Waals surface area contributed by atoms with Crippen LogP contribution in [0.3, 0.4) is 0 Å². The predicted octanol–water partition coefficient (Wildman–Crippen LogP) is 4.72. The molecule has 0 radical (unpaired) electrons. The van der Waals surface area contributed by atoms with Gasteiger partial charge >= 0.3 is 12.1 Å². The van der Waals surface area contributed by atoms with E-state index in [1.54, 1.807) is 44.4 Å². The molecule has 1 amide bonds. The van der Waals surface area contributed by atoms with E-state index in [-0.39, 0.29) is 24.3 Å². The number of Topliss-reactive ketones (excluding diaryl/α,β-unsaturated/α-hetero) is 1. The van der Waals surface area contributed by atoms with Gasteiger partial charge in [-0.1, -0.05) is 27.7 Å². The summed E-state index contributed by atoms with van der Waals surface area (Å²) >= 11 is 0. The zero-order valence-corrected chi connectivity index (χ0v) is 36.2. The lowest BCUT2D eigenvalue weighted by molar-refractivity contribution is -0.301. The fourth-order valence-electron chi connectivity index (χ4n) is 9.58. The quantitative estimate of drug-likeness (QED) is 0.236. The van der Waals surface area contributed by atoms with Gasteiger partial charge in [0.2, 0.25) is 0 Å². The molecule has 324 valence electrons. The van der Waals surface area contributed by atoms with Gasteiger partial charge in [0, 0.05) is 68.1 Å². The number of fused-ring (bicyclic) bond motifs is 1. The number of cyclic esters (lactones) is 1. The first-order valence-corrected chi connectivity index (χ1v) is 20.9. The SMILES string of the molecule is CC[C@H]1OC(=O)[C@H](C)[C@@H](O)[C@H](C)[C@@H](OC2OC(C)CC(N(C)C)C2O)[C@](C)(OC)C[C@@H](C)C(=O)[C@H](C)[C@H]2N(CCCCn3cnc(-c4cccnc4)c3)C(=O)O[C@]12C. The molecular weight excluding hydrogens is 746 g/mol. The molecule has 15 heteroatoms. The third kappa shape index (κ3) is 9.44. The maximum absolute atomic E-state index is 14.7. The van der Waals surface area contributed by atoms with Crippen molar-refractivity contribution >= 4 is 17.8 Å². The van der Waals surface area contributed by atoms with Crippen LogP contribution in [0.2, 0.25) is 0 Å². The first-order chi connectivity index (χ1) is 27.4. The van der Waals surface area contributed by atoms with Crippen molar-refractivity contribution in [1.29, 1.82) is 0 Å². The molecule has 0 spiro atoms. The Labute approximate surface area is 343 Å². The minimum absolute atomic E-state index is 0.127. The van der Waals surface area contributed by atoms with E-state index in [9.17, 15) is 24.6 Å². The number of hydrogen-bond acceptors (Lipinski definition) is 13. The summed E-state index contributed by atoms with van der Waals surface area (Å²) in [6.45, 7) is 15.3. The molecule has 58 heavy (non-hydrogen) atoms. The van der Waals surface area contributed by atoms with Crippen LogP contribution >= 0.6 is 0 Å². The van der Waals surface area contributed by atoms with Crippen LogP contribution in [-0.2, 0) is 39.8 Å². The second-order valence-corrected chi connectivity index (χ2v) is 17.5. The van der Waals surface area contributed by atoms with Gasteiger partial charge < -0.3 is 48.3 Å². The van der Waals surface area contributed by atoms with Gasteiger partial charge in [-0.3, -0.25) is 14.6 Å². The molecule has 2 aromatic heterocycles. The molecule has 2 aromatic rings. The lowest BCUT2D eigenvalue weighted by Gasteiger charge is -2.48. The Balaban J connectivity index is 1.43. The third-order valence-electron chi connectivity index (χ3n) is 13.0. The molecule has 3 aliphatic heterocycles. The van der Waals surface area contributed by atoms with E-state index in [1.807, 2.05) is 76.5 Å². The first-order valence-electron chi connectivity index (χ1n) is 20.9. The predicted molar refractivity (Wildman–Crippen MR) is 215 cm³/mol. The summed E-state index contributed by atoms with van der Waals surface area (Å²) in [5, 5.41) is 23.4. The fraction of sp³-hybridized carbons (Fsp3) is 0.744. The van der Waals surface area contributed by atoms with E-state index >= 15 is 0 Å². The highest BCUT2D eigenvalue weighted by Crippen LogP contribution is 2.43. The first kappa shape index (κ1) is 45.6. The number of unbranched alkanes of at least 4 members (excludes halogenated alkanes) is 1. The second-order valence-electron chi connectivity index (χ2n) is 17.5. The topological polar surface area (TPSA) is 175 Å². The highest BCUT2D eigenvalue weighted by atomic mass is 16.7. The normalized spacial score (nSPS) is 38.0. The average Bonchev–Trinajstić information content (AvgIpc) is 3.78. The van der Waals surface area contributed by atoms with Crippen LogP contribution < -0.4 is 0 Å². The Hall–Kier alpha value is -3.47. The fourth-order valence-corrected chi connectivity index (χ4v) is 9.58. The van der Waals surface area contributed by atoms with E-state index in [4.69, 9.17) is 23.7 Å². The van der Waals surface area contributed by atoms with Crippen LogP contribution in [0.15, 0.2) is 37.1 Å². The zero-order chi connectivity index (χ0) is 42.7. The number of carbonyl (C=O) groups is 3. The Bertz CT molecular complexity index is 1690. The lowest BCUT2D eigenvalue weighted by Crippen LogP contribution is -2.60. The van der Waals surface area contributed by atoms with Crippen LogP contribution in [0.1, 0.15) is 87.5 Å². The van der Waals surface area contributed by atoms with Crippen LogP contribution in [0.25, 0.3) is 11.3 Å². The van der Waals surface area contributed by atoms with Gasteiger partial charge in [-0.25, -0.2) is 9.78 Å². The van der Waals surface area contributed by atoms with Gasteiger partial charge in [0.15, 0.2) is 11.9 Å². The summed E-state index contributed by atoms with van der Waals surface area (Å²) < 4.78 is 33.4. The molecular formula is C43H67N5O10. The van der Waals surface area contributed by atoms with Crippen molar-refractivity contribution in [3.8, 4) is 11.3 Å². The van der Waals surface area contributed by atoms with E-state index < -0.39 is 83.7 Å². The lowest BCUT2D eigenvalue weighted by atomic mass is 9.73. The molecule has 2 N–H and O–H groups in total. The van der Waals surface area contributed by atoms with Crippen molar-refractivity contribution in [2.45, 2.75) is 154 Å². The van der Waals surface area contributed by atoms with E-state index in [0.29, 0.717) is 32.4 Å². The van der Waals surface area contributed by atoms with E-state index in [2.05, 4.69) is 9.97 Å². The molecule has 0 bridgehead atoms. The van der Waals surface area contributed by atoms with Crippen LogP contribution in [0, 0.1) is 23.7 Å². The Kier molecular flexibility index (Phi) is 14.8. The summed E-state index contributed by atoms with van der Waals surface area (Å²) in [6, 6.07) is 2.80. The van der Waals surface area contributed by atoms with Crippen LogP contribution in [-0.4, -0.2) is 140 Å². The molecule has 5 rings (SSSR count). The summed E-state index contributed by atoms with van der Waals surface area (Å²) in [5.41, 5.74) is -0.837. The van der Waals surface area contributed by atoms with Crippen molar-refractivity contribution in [2.24, 2.45) is 23.7 Å². The molecule has 4 unspecified atom stereocenters. The number of aliphatic hydroxyl groups excluding tert-OH is 2. The smallest absolute Gasteiger partial charge is 0.410 e. The number of hydrogen-bond donors (Lipinski definition) is 2. The monoisotopic (exact) mass is 813 g/mol. The molecule has 14 atom stereocenters. The number of methoxy groups -OCH3 is 1. The number of imidazole rings is 1. The zero-order valence-electron chi connectivity index (χ0n) is 36.2. The molecule has 0 aliphatic carbocycles. The summed E-state index contributed by atoms with van der Waals surface area (Å²) in [4.78, 5) is 54.9.